The number of carbonyl (C=O) groups excluding carboxylic acids is 1. The predicted molar refractivity (Wildman–Crippen MR) is 86.2 cm³/mol. The number of sulfone groups is 1. The maximum Gasteiger partial charge on any atom is 0.243 e. The normalized spacial score (nSPS) is 22.0. The molecular weight excluding hydrogens is 308 g/mol. The van der Waals surface area contributed by atoms with Crippen molar-refractivity contribution >= 4 is 27.5 Å². The van der Waals surface area contributed by atoms with Crippen LogP contribution in [0, 0.1) is 5.92 Å². The minimum atomic E-state index is -2.88. The first-order chi connectivity index (χ1) is 10.0. The van der Waals surface area contributed by atoms with Gasteiger partial charge in [0.2, 0.25) is 5.91 Å². The first-order valence-electron chi connectivity index (χ1n) is 7.11. The zero-order valence-corrected chi connectivity index (χ0v) is 13.8. The second kappa shape index (κ2) is 7.35. The Bertz CT molecular complexity index is 555. The zero-order chi connectivity index (χ0) is 15.3. The van der Waals surface area contributed by atoms with E-state index in [1.54, 1.807) is 11.8 Å². The summed E-state index contributed by atoms with van der Waals surface area (Å²) in [7, 11) is -2.88. The summed E-state index contributed by atoms with van der Waals surface area (Å²) in [5.74, 6) is 1.40. The third-order valence-corrected chi connectivity index (χ3v) is 6.26. The van der Waals surface area contributed by atoms with Crippen molar-refractivity contribution in [2.45, 2.75) is 18.9 Å². The molecule has 1 aromatic heterocycles. The molecule has 0 aliphatic carbocycles. The number of amides is 1. The Morgan fingerprint density at radius 2 is 2.14 bits per heavy atom. The molecule has 1 aromatic rings. The van der Waals surface area contributed by atoms with Crippen molar-refractivity contribution in [3.05, 3.63) is 24.5 Å². The highest BCUT2D eigenvalue weighted by Gasteiger charge is 2.29. The van der Waals surface area contributed by atoms with Crippen LogP contribution in [0.1, 0.15) is 18.9 Å². The molecule has 118 valence electrons. The molecule has 0 saturated carbocycles. The third kappa shape index (κ3) is 4.78. The van der Waals surface area contributed by atoms with E-state index >= 15 is 0 Å². The minimum absolute atomic E-state index is 0.0236. The molecule has 1 fully saturated rings. The lowest BCUT2D eigenvalue weighted by molar-refractivity contribution is -0.124. The van der Waals surface area contributed by atoms with E-state index in [0.29, 0.717) is 13.0 Å². The highest BCUT2D eigenvalue weighted by Crippen LogP contribution is 2.19. The predicted octanol–water partition coefficient (Wildman–Crippen LogP) is 1.33. The van der Waals surface area contributed by atoms with E-state index in [9.17, 15) is 13.2 Å². The van der Waals surface area contributed by atoms with Gasteiger partial charge in [-0.25, -0.2) is 8.42 Å². The number of aromatic nitrogens is 1. The highest BCUT2D eigenvalue weighted by molar-refractivity contribution is 7.98. The first kappa shape index (κ1) is 16.4. The molecule has 1 unspecified atom stereocenters. The molecule has 0 spiro atoms. The third-order valence-electron chi connectivity index (χ3n) is 3.78. The molecule has 1 saturated heterocycles. The number of carbonyl (C=O) groups is 1. The Balaban J connectivity index is 1.90. The van der Waals surface area contributed by atoms with Crippen LogP contribution < -0.4 is 5.32 Å². The van der Waals surface area contributed by atoms with Crippen LogP contribution >= 0.6 is 11.8 Å². The molecule has 7 heteroatoms. The van der Waals surface area contributed by atoms with Crippen LogP contribution in [-0.4, -0.2) is 49.0 Å². The van der Waals surface area contributed by atoms with Crippen LogP contribution in [-0.2, 0) is 14.6 Å². The van der Waals surface area contributed by atoms with E-state index in [4.69, 9.17) is 0 Å². The fraction of sp³-hybridized carbons (Fsp3) is 0.643. The number of hydrogen-bond acceptors (Lipinski definition) is 4. The number of nitrogens with zero attached hydrogens (tertiary/aromatic N) is 1. The molecule has 21 heavy (non-hydrogen) atoms. The number of hydrogen-bond donors (Lipinski definition) is 1. The molecule has 1 N–H and O–H groups in total. The molecule has 0 bridgehead atoms. The summed E-state index contributed by atoms with van der Waals surface area (Å²) in [6.45, 7) is 0.453. The Morgan fingerprint density at radius 3 is 2.71 bits per heavy atom. The zero-order valence-electron chi connectivity index (χ0n) is 12.2. The van der Waals surface area contributed by atoms with Crippen LogP contribution in [0.25, 0.3) is 0 Å². The standard InChI is InChI=1S/C14H22N2O3S2/c1-20-8-4-13(16-6-2-3-7-16)14(17)15-10-12-5-9-21(18,19)11-12/h2-3,6-7,12-13H,4-5,8-11H2,1H3,(H,15,17)/t12?,13-/m1/s1. The number of nitrogens with one attached hydrogen (secondary N) is 1. The van der Waals surface area contributed by atoms with Gasteiger partial charge in [0.15, 0.2) is 9.84 Å². The largest absolute Gasteiger partial charge is 0.354 e. The molecule has 0 aromatic carbocycles. The van der Waals surface area contributed by atoms with Gasteiger partial charge in [0.05, 0.1) is 11.5 Å². The van der Waals surface area contributed by atoms with E-state index in [-0.39, 0.29) is 29.4 Å². The van der Waals surface area contributed by atoms with Gasteiger partial charge in [-0.15, -0.1) is 0 Å². The van der Waals surface area contributed by atoms with Crippen molar-refractivity contribution in [3.8, 4) is 0 Å². The molecule has 1 aliphatic heterocycles. The lowest BCUT2D eigenvalue weighted by Crippen LogP contribution is -2.36. The molecule has 2 rings (SSSR count). The van der Waals surface area contributed by atoms with Gasteiger partial charge in [0.1, 0.15) is 6.04 Å². The average molecular weight is 330 g/mol. The van der Waals surface area contributed by atoms with Crippen molar-refractivity contribution in [1.29, 1.82) is 0 Å². The van der Waals surface area contributed by atoms with Crippen molar-refractivity contribution in [1.82, 2.24) is 9.88 Å². The van der Waals surface area contributed by atoms with Gasteiger partial charge < -0.3 is 9.88 Å². The van der Waals surface area contributed by atoms with E-state index < -0.39 is 9.84 Å². The molecular formula is C14H22N2O3S2. The molecule has 1 amide bonds. The summed E-state index contributed by atoms with van der Waals surface area (Å²) in [6, 6.07) is 3.59. The van der Waals surface area contributed by atoms with E-state index in [1.807, 2.05) is 35.3 Å². The van der Waals surface area contributed by atoms with Crippen LogP contribution in [0.5, 0.6) is 0 Å². The summed E-state index contributed by atoms with van der Waals surface area (Å²) in [4.78, 5) is 12.4. The van der Waals surface area contributed by atoms with E-state index in [2.05, 4.69) is 5.32 Å². The monoisotopic (exact) mass is 330 g/mol. The second-order valence-corrected chi connectivity index (χ2v) is 8.66. The van der Waals surface area contributed by atoms with Gasteiger partial charge >= 0.3 is 0 Å². The molecule has 2 atom stereocenters. The summed E-state index contributed by atoms with van der Waals surface area (Å²) < 4.78 is 24.8. The molecule has 0 radical (unpaired) electrons. The summed E-state index contributed by atoms with van der Waals surface area (Å²) in [5, 5.41) is 2.93. The van der Waals surface area contributed by atoms with Crippen LogP contribution in [0.4, 0.5) is 0 Å². The lowest BCUT2D eigenvalue weighted by atomic mass is 10.1. The van der Waals surface area contributed by atoms with E-state index in [1.165, 1.54) is 0 Å². The number of thioether (sulfide) groups is 1. The van der Waals surface area contributed by atoms with Crippen LogP contribution in [0.2, 0.25) is 0 Å². The van der Waals surface area contributed by atoms with Gasteiger partial charge in [-0.05, 0) is 42.9 Å². The van der Waals surface area contributed by atoms with Crippen molar-refractivity contribution in [2.24, 2.45) is 5.92 Å². The highest BCUT2D eigenvalue weighted by atomic mass is 32.2. The van der Waals surface area contributed by atoms with Crippen LogP contribution in [0.15, 0.2) is 24.5 Å². The molecule has 1 aliphatic rings. The summed E-state index contributed by atoms with van der Waals surface area (Å²) in [5.41, 5.74) is 0. The first-order valence-corrected chi connectivity index (χ1v) is 10.3. The van der Waals surface area contributed by atoms with Crippen molar-refractivity contribution in [3.63, 3.8) is 0 Å². The summed E-state index contributed by atoms with van der Waals surface area (Å²) in [6.07, 6.45) is 7.23. The maximum absolute atomic E-state index is 12.4. The maximum atomic E-state index is 12.4. The molecule has 2 heterocycles. The van der Waals surface area contributed by atoms with Crippen molar-refractivity contribution < 1.29 is 13.2 Å². The van der Waals surface area contributed by atoms with Gasteiger partial charge in [-0.1, -0.05) is 0 Å². The quantitative estimate of drug-likeness (QED) is 0.819. The second-order valence-electron chi connectivity index (χ2n) is 5.44. The van der Waals surface area contributed by atoms with Gasteiger partial charge in [-0.2, -0.15) is 11.8 Å². The Labute approximate surface area is 130 Å². The number of rotatable bonds is 7. The van der Waals surface area contributed by atoms with Crippen LogP contribution in [0.3, 0.4) is 0 Å². The Morgan fingerprint density at radius 1 is 1.43 bits per heavy atom. The minimum Gasteiger partial charge on any atom is -0.354 e. The van der Waals surface area contributed by atoms with Gasteiger partial charge in [-0.3, -0.25) is 4.79 Å². The fourth-order valence-corrected chi connectivity index (χ4v) is 4.92. The fourth-order valence-electron chi connectivity index (χ4n) is 2.60. The Hall–Kier alpha value is -0.950. The molecule has 5 nitrogen and oxygen atoms in total. The lowest BCUT2D eigenvalue weighted by Gasteiger charge is -2.19. The van der Waals surface area contributed by atoms with E-state index in [0.717, 1.165) is 12.2 Å². The SMILES string of the molecule is CSCC[C@H](C(=O)NCC1CCS(=O)(=O)C1)n1cccc1. The van der Waals surface area contributed by atoms with Crippen molar-refractivity contribution in [2.75, 3.05) is 30.1 Å². The summed E-state index contributed by atoms with van der Waals surface area (Å²) >= 11 is 1.72. The Kier molecular flexibility index (Phi) is 5.75. The van der Waals surface area contributed by atoms with Gasteiger partial charge in [0, 0.05) is 18.9 Å². The van der Waals surface area contributed by atoms with Gasteiger partial charge in [0.25, 0.3) is 0 Å². The smallest absolute Gasteiger partial charge is 0.243 e. The average Bonchev–Trinajstić information content (AvgIpc) is 3.06. The topological polar surface area (TPSA) is 68.2 Å².